The molecular weight excluding hydrogens is 246 g/mol. The van der Waals surface area contributed by atoms with Crippen molar-refractivity contribution < 1.29 is 14.6 Å². The third-order valence-corrected chi connectivity index (χ3v) is 2.91. The lowest BCUT2D eigenvalue weighted by Crippen LogP contribution is -2.04. The molecule has 0 fully saturated rings. The normalized spacial score (nSPS) is 10.4. The van der Waals surface area contributed by atoms with Crippen LogP contribution in [-0.2, 0) is 12.8 Å². The number of aromatic nitrogens is 2. The molecule has 0 aliphatic carbocycles. The van der Waals surface area contributed by atoms with Gasteiger partial charge in [0.2, 0.25) is 0 Å². The minimum absolute atomic E-state index is 0.0252. The zero-order valence-electron chi connectivity index (χ0n) is 10.5. The Morgan fingerprint density at radius 3 is 2.63 bits per heavy atom. The third-order valence-electron chi connectivity index (χ3n) is 2.91. The van der Waals surface area contributed by atoms with Crippen LogP contribution in [0.25, 0.3) is 0 Å². The number of aromatic amines is 1. The van der Waals surface area contributed by atoms with E-state index in [0.29, 0.717) is 18.5 Å². The van der Waals surface area contributed by atoms with Crippen LogP contribution in [0.3, 0.4) is 0 Å². The zero-order chi connectivity index (χ0) is 13.8. The number of nitrogens with zero attached hydrogens (tertiary/aromatic N) is 1. The van der Waals surface area contributed by atoms with E-state index in [9.17, 15) is 4.79 Å². The number of carboxylic acids is 1. The Labute approximate surface area is 110 Å². The van der Waals surface area contributed by atoms with Crippen LogP contribution in [-0.4, -0.2) is 28.4 Å². The fourth-order valence-corrected chi connectivity index (χ4v) is 1.88. The monoisotopic (exact) mass is 261 g/mol. The molecule has 0 amide bonds. The Morgan fingerprint density at radius 1 is 1.37 bits per heavy atom. The smallest absolute Gasteiger partial charge is 0.341 e. The third kappa shape index (κ3) is 2.85. The van der Waals surface area contributed by atoms with E-state index in [2.05, 4.69) is 10.2 Å². The van der Waals surface area contributed by atoms with Crippen molar-refractivity contribution in [1.82, 2.24) is 10.2 Å². The number of nitrogen functional groups attached to an aromatic ring is 1. The van der Waals surface area contributed by atoms with Crippen LogP contribution in [0.5, 0.6) is 5.75 Å². The lowest BCUT2D eigenvalue weighted by atomic mass is 10.1. The van der Waals surface area contributed by atoms with E-state index in [1.54, 1.807) is 7.11 Å². The summed E-state index contributed by atoms with van der Waals surface area (Å²) >= 11 is 0. The molecule has 1 aromatic carbocycles. The summed E-state index contributed by atoms with van der Waals surface area (Å²) in [7, 11) is 1.61. The molecule has 4 N–H and O–H groups in total. The van der Waals surface area contributed by atoms with Gasteiger partial charge in [-0.25, -0.2) is 4.79 Å². The minimum atomic E-state index is -1.06. The predicted octanol–water partition coefficient (Wildman–Crippen LogP) is 1.48. The van der Waals surface area contributed by atoms with Crippen molar-refractivity contribution in [2.24, 2.45) is 0 Å². The van der Waals surface area contributed by atoms with Gasteiger partial charge in [-0.2, -0.15) is 5.10 Å². The number of nitrogens with one attached hydrogen (secondary N) is 1. The maximum absolute atomic E-state index is 11.0. The van der Waals surface area contributed by atoms with E-state index in [-0.39, 0.29) is 11.4 Å². The number of hydrogen-bond donors (Lipinski definition) is 3. The number of aromatic carboxylic acids is 1. The number of hydrogen-bond acceptors (Lipinski definition) is 4. The van der Waals surface area contributed by atoms with E-state index in [0.717, 1.165) is 11.3 Å². The first-order valence-electron chi connectivity index (χ1n) is 5.80. The predicted molar refractivity (Wildman–Crippen MR) is 70.4 cm³/mol. The van der Waals surface area contributed by atoms with Crippen LogP contribution in [0.2, 0.25) is 0 Å². The number of aryl methyl sites for hydroxylation is 2. The summed E-state index contributed by atoms with van der Waals surface area (Å²) in [5.41, 5.74) is 7.20. The first-order chi connectivity index (χ1) is 9.11. The summed E-state index contributed by atoms with van der Waals surface area (Å²) in [5.74, 6) is -0.242. The Kier molecular flexibility index (Phi) is 3.70. The highest BCUT2D eigenvalue weighted by atomic mass is 16.5. The van der Waals surface area contributed by atoms with E-state index < -0.39 is 5.97 Å². The van der Waals surface area contributed by atoms with Crippen molar-refractivity contribution in [3.63, 3.8) is 0 Å². The van der Waals surface area contributed by atoms with Gasteiger partial charge < -0.3 is 15.6 Å². The molecule has 0 spiro atoms. The summed E-state index contributed by atoms with van der Waals surface area (Å²) in [4.78, 5) is 11.0. The molecular formula is C13H15N3O3. The van der Waals surface area contributed by atoms with Crippen molar-refractivity contribution in [3.05, 3.63) is 41.1 Å². The van der Waals surface area contributed by atoms with Gasteiger partial charge in [0.05, 0.1) is 12.8 Å². The van der Waals surface area contributed by atoms with Crippen molar-refractivity contribution in [2.75, 3.05) is 12.8 Å². The summed E-state index contributed by atoms with van der Waals surface area (Å²) in [5, 5.41) is 15.4. The summed E-state index contributed by atoms with van der Waals surface area (Å²) < 4.78 is 5.08. The van der Waals surface area contributed by atoms with Gasteiger partial charge in [0.1, 0.15) is 11.3 Å². The Bertz CT molecular complexity index is 575. The maximum Gasteiger partial charge on any atom is 0.341 e. The summed E-state index contributed by atoms with van der Waals surface area (Å²) in [6.45, 7) is 0. The largest absolute Gasteiger partial charge is 0.497 e. The molecule has 0 saturated heterocycles. The lowest BCUT2D eigenvalue weighted by Gasteiger charge is -2.03. The molecule has 0 aliphatic heterocycles. The first-order valence-corrected chi connectivity index (χ1v) is 5.80. The Hall–Kier alpha value is -2.50. The Morgan fingerprint density at radius 2 is 2.05 bits per heavy atom. The van der Waals surface area contributed by atoms with Crippen LogP contribution < -0.4 is 10.5 Å². The minimum Gasteiger partial charge on any atom is -0.497 e. The molecule has 0 aliphatic rings. The number of H-pyrrole nitrogens is 1. The van der Waals surface area contributed by atoms with E-state index in [4.69, 9.17) is 15.6 Å². The summed E-state index contributed by atoms with van der Waals surface area (Å²) in [6, 6.07) is 7.63. The van der Waals surface area contributed by atoms with Gasteiger partial charge in [-0.1, -0.05) is 12.1 Å². The van der Waals surface area contributed by atoms with Crippen molar-refractivity contribution in [2.45, 2.75) is 12.8 Å². The molecule has 0 saturated carbocycles. The number of benzene rings is 1. The molecule has 1 heterocycles. The standard InChI is InChI=1S/C13H15N3O3/c1-19-9-5-2-8(3-6-9)4-7-10-11(13(17)18)12(14)16-15-10/h2-3,5-6H,4,7H2,1H3,(H,17,18)(H3,14,15,16). The van der Waals surface area contributed by atoms with Gasteiger partial charge in [0.15, 0.2) is 5.82 Å². The molecule has 6 heteroatoms. The van der Waals surface area contributed by atoms with Crippen molar-refractivity contribution >= 4 is 11.8 Å². The highest BCUT2D eigenvalue weighted by Gasteiger charge is 2.17. The number of rotatable bonds is 5. The van der Waals surface area contributed by atoms with E-state index in [1.807, 2.05) is 24.3 Å². The van der Waals surface area contributed by atoms with Gasteiger partial charge in [-0.05, 0) is 30.5 Å². The average molecular weight is 261 g/mol. The molecule has 0 atom stereocenters. The highest BCUT2D eigenvalue weighted by Crippen LogP contribution is 2.17. The van der Waals surface area contributed by atoms with Crippen LogP contribution in [0.4, 0.5) is 5.82 Å². The molecule has 2 rings (SSSR count). The molecule has 100 valence electrons. The quantitative estimate of drug-likeness (QED) is 0.756. The van der Waals surface area contributed by atoms with E-state index in [1.165, 1.54) is 0 Å². The number of anilines is 1. The molecule has 1 aromatic heterocycles. The SMILES string of the molecule is COc1ccc(CCc2[nH]nc(N)c2C(=O)O)cc1. The number of carbonyl (C=O) groups is 1. The van der Waals surface area contributed by atoms with Crippen molar-refractivity contribution in [3.8, 4) is 5.75 Å². The van der Waals surface area contributed by atoms with Gasteiger partial charge in [0, 0.05) is 0 Å². The molecule has 6 nitrogen and oxygen atoms in total. The fourth-order valence-electron chi connectivity index (χ4n) is 1.88. The van der Waals surface area contributed by atoms with E-state index >= 15 is 0 Å². The second-order valence-corrected chi connectivity index (χ2v) is 4.12. The average Bonchev–Trinajstić information content (AvgIpc) is 2.78. The number of methoxy groups -OCH3 is 1. The van der Waals surface area contributed by atoms with Crippen LogP contribution in [0, 0.1) is 0 Å². The molecule has 19 heavy (non-hydrogen) atoms. The van der Waals surface area contributed by atoms with Gasteiger partial charge in [-0.3, -0.25) is 5.10 Å². The molecule has 2 aromatic rings. The number of nitrogens with two attached hydrogens (primary N) is 1. The topological polar surface area (TPSA) is 101 Å². The van der Waals surface area contributed by atoms with Gasteiger partial charge in [0.25, 0.3) is 0 Å². The second kappa shape index (κ2) is 5.43. The second-order valence-electron chi connectivity index (χ2n) is 4.12. The molecule has 0 bridgehead atoms. The maximum atomic E-state index is 11.0. The lowest BCUT2D eigenvalue weighted by molar-refractivity contribution is 0.0697. The van der Waals surface area contributed by atoms with Crippen LogP contribution in [0.1, 0.15) is 21.6 Å². The highest BCUT2D eigenvalue weighted by molar-refractivity contribution is 5.93. The van der Waals surface area contributed by atoms with Crippen LogP contribution in [0.15, 0.2) is 24.3 Å². The number of carboxylic acid groups (broad SMARTS) is 1. The Balaban J connectivity index is 2.08. The zero-order valence-corrected chi connectivity index (χ0v) is 10.5. The first kappa shape index (κ1) is 12.9. The molecule has 0 unspecified atom stereocenters. The molecule has 0 radical (unpaired) electrons. The number of ether oxygens (including phenoxy) is 1. The van der Waals surface area contributed by atoms with Crippen molar-refractivity contribution in [1.29, 1.82) is 0 Å². The fraction of sp³-hybridized carbons (Fsp3) is 0.231. The van der Waals surface area contributed by atoms with Gasteiger partial charge in [-0.15, -0.1) is 0 Å². The van der Waals surface area contributed by atoms with Gasteiger partial charge >= 0.3 is 5.97 Å². The van der Waals surface area contributed by atoms with Crippen LogP contribution >= 0.6 is 0 Å². The summed E-state index contributed by atoms with van der Waals surface area (Å²) in [6.07, 6.45) is 1.24.